The summed E-state index contributed by atoms with van der Waals surface area (Å²) in [6.45, 7) is 5.97. The first-order valence-electron chi connectivity index (χ1n) is 10.3. The Morgan fingerprint density at radius 2 is 2.00 bits per heavy atom. The highest BCUT2D eigenvalue weighted by molar-refractivity contribution is 6.01. The third-order valence-corrected chi connectivity index (χ3v) is 6.01. The minimum Gasteiger partial charge on any atom is -0.484 e. The molecule has 1 atom stereocenters. The number of carbonyl (C=O) groups excluding carboxylic acids is 1. The lowest BCUT2D eigenvalue weighted by molar-refractivity contribution is 0.0205. The van der Waals surface area contributed by atoms with Crippen LogP contribution < -0.4 is 15.4 Å². The number of urea groups is 1. The molecule has 156 valence electrons. The lowest BCUT2D eigenvalue weighted by Gasteiger charge is -2.41. The van der Waals surface area contributed by atoms with E-state index in [0.29, 0.717) is 17.7 Å². The van der Waals surface area contributed by atoms with Crippen molar-refractivity contribution in [1.29, 1.82) is 0 Å². The number of aryl methyl sites for hydroxylation is 1. The molecule has 4 rings (SSSR count). The van der Waals surface area contributed by atoms with Gasteiger partial charge in [-0.25, -0.2) is 9.18 Å². The topological polar surface area (TPSA) is 63.2 Å². The molecule has 3 aromatic rings. The van der Waals surface area contributed by atoms with Gasteiger partial charge in [0.1, 0.15) is 5.60 Å². The standard InChI is InChI=1S/C24H26FN3O2/c1-4-24(5-2)13-21(17-9-7-10-19(25)22(17)30-24)28-23(29)27-20-11-6-8-16-14-26-15(3)12-18(16)20/h6-12,14,21H,4-5,13H2,1-3H3,(H2,27,28,29)/t21-/m1/s1. The zero-order valence-corrected chi connectivity index (χ0v) is 17.5. The molecule has 2 amide bonds. The molecule has 0 fully saturated rings. The fourth-order valence-corrected chi connectivity index (χ4v) is 4.16. The zero-order valence-electron chi connectivity index (χ0n) is 17.5. The van der Waals surface area contributed by atoms with E-state index in [1.165, 1.54) is 6.07 Å². The third-order valence-electron chi connectivity index (χ3n) is 6.01. The van der Waals surface area contributed by atoms with Crippen molar-refractivity contribution in [1.82, 2.24) is 10.3 Å². The Bertz CT molecular complexity index is 1100. The first-order valence-corrected chi connectivity index (χ1v) is 10.3. The van der Waals surface area contributed by atoms with E-state index in [9.17, 15) is 9.18 Å². The van der Waals surface area contributed by atoms with Crippen molar-refractivity contribution < 1.29 is 13.9 Å². The number of rotatable bonds is 4. The summed E-state index contributed by atoms with van der Waals surface area (Å²) in [5, 5.41) is 7.87. The molecule has 0 bridgehead atoms. The van der Waals surface area contributed by atoms with Crippen LogP contribution in [0, 0.1) is 12.7 Å². The molecule has 30 heavy (non-hydrogen) atoms. The van der Waals surface area contributed by atoms with Crippen molar-refractivity contribution in [2.45, 2.75) is 51.7 Å². The van der Waals surface area contributed by atoms with Crippen LogP contribution in [0.4, 0.5) is 14.9 Å². The lowest BCUT2D eigenvalue weighted by Crippen LogP contribution is -2.45. The number of halogens is 1. The molecule has 2 N–H and O–H groups in total. The monoisotopic (exact) mass is 407 g/mol. The highest BCUT2D eigenvalue weighted by Crippen LogP contribution is 2.44. The summed E-state index contributed by atoms with van der Waals surface area (Å²) in [5.74, 6) is -0.160. The van der Waals surface area contributed by atoms with Gasteiger partial charge in [-0.15, -0.1) is 0 Å². The molecule has 0 unspecified atom stereocenters. The van der Waals surface area contributed by atoms with Gasteiger partial charge in [0.15, 0.2) is 11.6 Å². The van der Waals surface area contributed by atoms with Crippen LogP contribution in [0.25, 0.3) is 10.8 Å². The second kappa shape index (κ2) is 7.94. The van der Waals surface area contributed by atoms with E-state index in [2.05, 4.69) is 15.6 Å². The van der Waals surface area contributed by atoms with Gasteiger partial charge in [-0.05, 0) is 38.0 Å². The van der Waals surface area contributed by atoms with Crippen molar-refractivity contribution in [3.05, 3.63) is 65.7 Å². The highest BCUT2D eigenvalue weighted by Gasteiger charge is 2.40. The van der Waals surface area contributed by atoms with Gasteiger partial charge in [0.2, 0.25) is 0 Å². The normalized spacial score (nSPS) is 17.1. The number of benzene rings is 2. The fourth-order valence-electron chi connectivity index (χ4n) is 4.16. The maximum absolute atomic E-state index is 14.5. The van der Waals surface area contributed by atoms with Crippen LogP contribution >= 0.6 is 0 Å². The van der Waals surface area contributed by atoms with E-state index in [1.54, 1.807) is 12.3 Å². The van der Waals surface area contributed by atoms with Gasteiger partial charge in [-0.1, -0.05) is 38.1 Å². The Morgan fingerprint density at radius 1 is 1.23 bits per heavy atom. The third kappa shape index (κ3) is 3.70. The number of fused-ring (bicyclic) bond motifs is 2. The first kappa shape index (κ1) is 20.1. The van der Waals surface area contributed by atoms with E-state index >= 15 is 0 Å². The second-order valence-electron chi connectivity index (χ2n) is 7.86. The summed E-state index contributed by atoms with van der Waals surface area (Å²) in [6.07, 6.45) is 3.84. The average molecular weight is 407 g/mol. The number of hydrogen-bond acceptors (Lipinski definition) is 3. The quantitative estimate of drug-likeness (QED) is 0.567. The number of amides is 2. The molecule has 0 spiro atoms. The van der Waals surface area contributed by atoms with Crippen LogP contribution in [0.5, 0.6) is 5.75 Å². The summed E-state index contributed by atoms with van der Waals surface area (Å²) in [7, 11) is 0. The minimum atomic E-state index is -0.505. The number of para-hydroxylation sites is 1. The molecular formula is C24H26FN3O2. The Balaban J connectivity index is 1.62. The SMILES string of the molecule is CCC1(CC)C[C@@H](NC(=O)Nc2cccc3cnc(C)cc23)c2cccc(F)c2O1. The second-order valence-corrected chi connectivity index (χ2v) is 7.86. The van der Waals surface area contributed by atoms with E-state index in [0.717, 1.165) is 29.3 Å². The number of pyridine rings is 1. The van der Waals surface area contributed by atoms with Crippen molar-refractivity contribution in [2.24, 2.45) is 0 Å². The van der Waals surface area contributed by atoms with E-state index < -0.39 is 11.4 Å². The van der Waals surface area contributed by atoms with Crippen LogP contribution in [0.1, 0.15) is 50.4 Å². The van der Waals surface area contributed by atoms with E-state index in [1.807, 2.05) is 51.1 Å². The molecule has 0 radical (unpaired) electrons. The maximum atomic E-state index is 14.5. The predicted molar refractivity (Wildman–Crippen MR) is 116 cm³/mol. The Labute approximate surface area is 175 Å². The van der Waals surface area contributed by atoms with E-state index in [-0.39, 0.29) is 17.8 Å². The molecule has 0 saturated carbocycles. The van der Waals surface area contributed by atoms with Crippen LogP contribution in [0.2, 0.25) is 0 Å². The number of aromatic nitrogens is 1. The van der Waals surface area contributed by atoms with Crippen LogP contribution in [-0.2, 0) is 0 Å². The van der Waals surface area contributed by atoms with Crippen molar-refractivity contribution in [2.75, 3.05) is 5.32 Å². The number of anilines is 1. The average Bonchev–Trinajstić information content (AvgIpc) is 2.74. The van der Waals surface area contributed by atoms with Gasteiger partial charge in [0.25, 0.3) is 0 Å². The van der Waals surface area contributed by atoms with Gasteiger partial charge in [0.05, 0.1) is 11.7 Å². The van der Waals surface area contributed by atoms with Crippen LogP contribution in [0.3, 0.4) is 0 Å². The molecule has 5 nitrogen and oxygen atoms in total. The number of hydrogen-bond donors (Lipinski definition) is 2. The molecule has 2 heterocycles. The Morgan fingerprint density at radius 3 is 2.77 bits per heavy atom. The number of nitrogens with one attached hydrogen (secondary N) is 2. The smallest absolute Gasteiger partial charge is 0.319 e. The largest absolute Gasteiger partial charge is 0.484 e. The first-order chi connectivity index (χ1) is 14.4. The number of ether oxygens (including phenoxy) is 1. The molecule has 1 aliphatic rings. The summed E-state index contributed by atoms with van der Waals surface area (Å²) >= 11 is 0. The maximum Gasteiger partial charge on any atom is 0.319 e. The van der Waals surface area contributed by atoms with E-state index in [4.69, 9.17) is 4.74 Å². The predicted octanol–water partition coefficient (Wildman–Crippen LogP) is 5.89. The molecule has 1 aliphatic heterocycles. The van der Waals surface area contributed by atoms with Crippen molar-refractivity contribution in [3.8, 4) is 5.75 Å². The van der Waals surface area contributed by atoms with Crippen molar-refractivity contribution in [3.63, 3.8) is 0 Å². The summed E-state index contributed by atoms with van der Waals surface area (Å²) in [5.41, 5.74) is 1.75. The summed E-state index contributed by atoms with van der Waals surface area (Å²) in [4.78, 5) is 17.2. The van der Waals surface area contributed by atoms with Gasteiger partial charge in [-0.2, -0.15) is 0 Å². The molecule has 0 saturated heterocycles. The molecular weight excluding hydrogens is 381 g/mol. The number of carbonyl (C=O) groups is 1. The Hall–Kier alpha value is -3.15. The van der Waals surface area contributed by atoms with Gasteiger partial charge in [-0.3, -0.25) is 4.98 Å². The molecule has 1 aromatic heterocycles. The highest BCUT2D eigenvalue weighted by atomic mass is 19.1. The van der Waals surface area contributed by atoms with Crippen LogP contribution in [-0.4, -0.2) is 16.6 Å². The fraction of sp³-hybridized carbons (Fsp3) is 0.333. The minimum absolute atomic E-state index is 0.240. The van der Waals surface area contributed by atoms with Gasteiger partial charge in [0, 0.05) is 34.6 Å². The lowest BCUT2D eigenvalue weighted by atomic mass is 9.83. The van der Waals surface area contributed by atoms with Crippen LogP contribution in [0.15, 0.2) is 48.7 Å². The van der Waals surface area contributed by atoms with Crippen molar-refractivity contribution >= 4 is 22.5 Å². The van der Waals surface area contributed by atoms with Gasteiger partial charge < -0.3 is 15.4 Å². The molecule has 0 aliphatic carbocycles. The molecule has 6 heteroatoms. The zero-order chi connectivity index (χ0) is 21.3. The summed E-state index contributed by atoms with van der Waals surface area (Å²) < 4.78 is 20.6. The van der Waals surface area contributed by atoms with Gasteiger partial charge >= 0.3 is 6.03 Å². The summed E-state index contributed by atoms with van der Waals surface area (Å²) in [6, 6.07) is 11.8. The number of nitrogens with zero attached hydrogens (tertiary/aromatic N) is 1. The Kier molecular flexibility index (Phi) is 5.33. The molecule has 2 aromatic carbocycles.